The lowest BCUT2D eigenvalue weighted by molar-refractivity contribution is -0.155. The second-order valence-electron chi connectivity index (χ2n) is 12.5. The molecule has 2 rings (SSSR count). The van der Waals surface area contributed by atoms with E-state index < -0.39 is 19.0 Å². The van der Waals surface area contributed by atoms with Crippen molar-refractivity contribution < 1.29 is 27.8 Å². The van der Waals surface area contributed by atoms with Crippen LogP contribution in [0.5, 0.6) is 0 Å². The molecule has 334 valence electrons. The summed E-state index contributed by atoms with van der Waals surface area (Å²) in [6, 6.07) is -0.0224. The van der Waals surface area contributed by atoms with Crippen molar-refractivity contribution in [1.82, 2.24) is 26.0 Å². The largest absolute Gasteiger partial charge is 0.474 e. The molecule has 0 spiro atoms. The Hall–Kier alpha value is -3.84. The van der Waals surface area contributed by atoms with E-state index in [1.807, 2.05) is 27.7 Å². The first-order valence-electron chi connectivity index (χ1n) is 20.1. The van der Waals surface area contributed by atoms with Gasteiger partial charge in [0.1, 0.15) is 6.23 Å². The molecule has 2 aliphatic rings. The van der Waals surface area contributed by atoms with Crippen molar-refractivity contribution in [2.75, 3.05) is 26.7 Å². The Morgan fingerprint density at radius 2 is 1.55 bits per heavy atom. The molecular formula is C43H77F3N8O3S. The zero-order valence-corrected chi connectivity index (χ0v) is 38.1. The van der Waals surface area contributed by atoms with E-state index in [0.29, 0.717) is 36.0 Å². The molecule has 0 saturated heterocycles. The van der Waals surface area contributed by atoms with Gasteiger partial charge < -0.3 is 25.8 Å². The van der Waals surface area contributed by atoms with Gasteiger partial charge in [0.15, 0.2) is 13.0 Å². The van der Waals surface area contributed by atoms with Crippen LogP contribution in [0.15, 0.2) is 75.4 Å². The summed E-state index contributed by atoms with van der Waals surface area (Å²) < 4.78 is 44.5. The molecule has 0 bridgehead atoms. The van der Waals surface area contributed by atoms with Crippen molar-refractivity contribution in [2.24, 2.45) is 15.0 Å². The average Bonchev–Trinajstić information content (AvgIpc) is 4.15. The topological polar surface area (TPSA) is 144 Å². The first-order valence-corrected chi connectivity index (χ1v) is 21.0. The van der Waals surface area contributed by atoms with Gasteiger partial charge in [-0.25, -0.2) is 0 Å². The van der Waals surface area contributed by atoms with Crippen LogP contribution < -0.4 is 26.0 Å². The van der Waals surface area contributed by atoms with Gasteiger partial charge in [-0.1, -0.05) is 77.5 Å². The van der Waals surface area contributed by atoms with Crippen molar-refractivity contribution in [3.05, 3.63) is 60.4 Å². The number of halogens is 3. The molecule has 2 unspecified atom stereocenters. The minimum atomic E-state index is -4.49. The number of aliphatic hydroxyl groups is 1. The number of allylic oxidation sites excluding steroid dienone is 5. The summed E-state index contributed by atoms with van der Waals surface area (Å²) in [6.07, 6.45) is 20.4. The molecule has 0 aliphatic heterocycles. The van der Waals surface area contributed by atoms with E-state index in [1.165, 1.54) is 37.4 Å². The number of nitrogens with zero attached hydrogens (tertiary/aromatic N) is 3. The maximum Gasteiger partial charge on any atom is 0.422 e. The van der Waals surface area contributed by atoms with Gasteiger partial charge in [0.05, 0.1) is 6.04 Å². The molecule has 58 heavy (non-hydrogen) atoms. The molecule has 11 nitrogen and oxygen atoms in total. The normalized spacial score (nSPS) is 15.2. The number of rotatable bonds is 18. The number of terminal acetylenes is 1. The molecule has 0 radical (unpaired) electrons. The van der Waals surface area contributed by atoms with Crippen LogP contribution in [0.3, 0.4) is 0 Å². The molecule has 0 heterocycles. The molecule has 2 atom stereocenters. The highest BCUT2D eigenvalue weighted by Crippen LogP contribution is 2.31. The summed E-state index contributed by atoms with van der Waals surface area (Å²) in [4.78, 5) is 24.1. The third-order valence-electron chi connectivity index (χ3n) is 6.92. The Labute approximate surface area is 354 Å². The van der Waals surface area contributed by atoms with Crippen molar-refractivity contribution in [3.8, 4) is 12.8 Å². The summed E-state index contributed by atoms with van der Waals surface area (Å²) >= 11 is 1.50. The van der Waals surface area contributed by atoms with Gasteiger partial charge in [0.2, 0.25) is 17.8 Å². The van der Waals surface area contributed by atoms with Gasteiger partial charge in [-0.15, -0.1) is 19.4 Å². The van der Waals surface area contributed by atoms with Crippen LogP contribution in [0.25, 0.3) is 0 Å². The number of hydrogen-bond donors (Lipinski definition) is 6. The van der Waals surface area contributed by atoms with Crippen molar-refractivity contribution in [1.29, 1.82) is 0 Å². The number of aliphatic imine (C=N–C) groups is 3. The lowest BCUT2D eigenvalue weighted by Crippen LogP contribution is -2.40. The Balaban J connectivity index is -0.000000781. The van der Waals surface area contributed by atoms with Gasteiger partial charge in [-0.3, -0.25) is 19.8 Å². The van der Waals surface area contributed by atoms with Gasteiger partial charge in [-0.05, 0) is 116 Å². The SMILES string of the molecule is C#C.C/C=C(\C)CC.C=C(/C=C\C(=C/C)C(O)NCCCCNC(C)C(=O)NSC1CC1)NC(=N/C(=NC)NC1CC1)/N=C/OCC(F)(F)F.C=CC.CC.CCC. The fourth-order valence-corrected chi connectivity index (χ4v) is 4.16. The monoisotopic (exact) mass is 843 g/mol. The molecule has 0 aromatic rings. The van der Waals surface area contributed by atoms with Gasteiger partial charge in [-0.2, -0.15) is 23.2 Å². The first-order chi connectivity index (χ1) is 27.6. The van der Waals surface area contributed by atoms with Crippen LogP contribution in [0.4, 0.5) is 13.2 Å². The van der Waals surface area contributed by atoms with E-state index in [9.17, 15) is 23.1 Å². The number of amides is 1. The van der Waals surface area contributed by atoms with Crippen LogP contribution in [0.2, 0.25) is 0 Å². The van der Waals surface area contributed by atoms with Gasteiger partial charge >= 0.3 is 6.18 Å². The highest BCUT2D eigenvalue weighted by atomic mass is 32.2. The number of unbranched alkanes of at least 4 members (excludes halogenated alkanes) is 1. The molecule has 15 heteroatoms. The number of hydrogen-bond acceptors (Lipinski definition) is 7. The second-order valence-corrected chi connectivity index (χ2v) is 13.6. The number of alkyl halides is 3. The first kappa shape index (κ1) is 60.8. The van der Waals surface area contributed by atoms with Crippen LogP contribution in [0, 0.1) is 12.8 Å². The molecule has 2 saturated carbocycles. The fourth-order valence-electron chi connectivity index (χ4n) is 3.33. The Kier molecular flexibility index (Phi) is 43.3. The standard InChI is InChI=1S/C27H43F3N8O3S.C6H12.C3H8.C3H6.C2H6.C2H2/c1-5-20(24(40)33-15-7-6-14-32-19(3)23(39)38-42-22-12-13-22)9-8-18(2)35-26(34-17-41-16-27(28,29)30)37-25(31-4)36-21-10-11-21;1-4-6(3)5-2;2*1-3-2;2*1-2/h5,8-9,17,19,21-22,24,32-33,40H,2,6-7,10-16H2,1,3-4H3,(H,38,39)(H2,31,35,36,37);4H,5H2,1-3H3;3H2,1-2H3;3H,1H2,2H3;1-2H3;1-2H/b9-8-,20-5+,34-17+;6-4+;;;;. The number of ether oxygens (including phenoxy) is 1. The quantitative estimate of drug-likeness (QED) is 0.0117. The summed E-state index contributed by atoms with van der Waals surface area (Å²) in [7, 11) is 1.53. The van der Waals surface area contributed by atoms with Crippen molar-refractivity contribution in [3.63, 3.8) is 0 Å². The minimum Gasteiger partial charge on any atom is -0.474 e. The highest BCUT2D eigenvalue weighted by molar-refractivity contribution is 7.98. The van der Waals surface area contributed by atoms with Crippen LogP contribution in [0.1, 0.15) is 121 Å². The molecule has 0 aromatic carbocycles. The van der Waals surface area contributed by atoms with E-state index in [1.54, 1.807) is 31.2 Å². The van der Waals surface area contributed by atoms with Crippen LogP contribution >= 0.6 is 11.9 Å². The van der Waals surface area contributed by atoms with Crippen LogP contribution in [-0.4, -0.2) is 85.8 Å². The third kappa shape index (κ3) is 41.8. The van der Waals surface area contributed by atoms with Crippen LogP contribution in [-0.2, 0) is 9.53 Å². The molecule has 0 aromatic heterocycles. The number of carbonyl (C=O) groups excluding carboxylic acids is 1. The Morgan fingerprint density at radius 3 is 1.98 bits per heavy atom. The lowest BCUT2D eigenvalue weighted by Gasteiger charge is -2.15. The summed E-state index contributed by atoms with van der Waals surface area (Å²) in [5, 5.41) is 23.3. The maximum atomic E-state index is 12.4. The highest BCUT2D eigenvalue weighted by Gasteiger charge is 2.28. The van der Waals surface area contributed by atoms with E-state index in [0.717, 1.165) is 38.5 Å². The van der Waals surface area contributed by atoms with Crippen molar-refractivity contribution >= 4 is 36.2 Å². The van der Waals surface area contributed by atoms with E-state index >= 15 is 0 Å². The predicted octanol–water partition coefficient (Wildman–Crippen LogP) is 9.13. The fraction of sp³-hybridized carbons (Fsp3) is 0.628. The molecule has 6 N–H and O–H groups in total. The number of nitrogens with one attached hydrogen (secondary N) is 5. The molecule has 1 amide bonds. The average molecular weight is 843 g/mol. The van der Waals surface area contributed by atoms with E-state index in [-0.39, 0.29) is 29.9 Å². The Bertz CT molecular complexity index is 1270. The zero-order chi connectivity index (χ0) is 45.4. The predicted molar refractivity (Wildman–Crippen MR) is 245 cm³/mol. The number of guanidine groups is 2. The molecular weight excluding hydrogens is 766 g/mol. The Morgan fingerprint density at radius 1 is 1.00 bits per heavy atom. The van der Waals surface area contributed by atoms with E-state index in [4.69, 9.17) is 0 Å². The number of aliphatic hydroxyl groups excluding tert-OH is 1. The van der Waals surface area contributed by atoms with Gasteiger partial charge in [0.25, 0.3) is 0 Å². The maximum absolute atomic E-state index is 12.4. The zero-order valence-electron chi connectivity index (χ0n) is 37.3. The van der Waals surface area contributed by atoms with Crippen molar-refractivity contribution in [2.45, 2.75) is 150 Å². The molecule has 2 fully saturated rings. The van der Waals surface area contributed by atoms with E-state index in [2.05, 4.69) is 112 Å². The summed E-state index contributed by atoms with van der Waals surface area (Å²) in [6.45, 7) is 27.1. The van der Waals surface area contributed by atoms with Gasteiger partial charge in [0, 0.05) is 24.0 Å². The second kappa shape index (κ2) is 41.3. The number of carbonyl (C=O) groups is 1. The lowest BCUT2D eigenvalue weighted by atomic mass is 10.2. The third-order valence-corrected chi connectivity index (χ3v) is 8.04. The summed E-state index contributed by atoms with van der Waals surface area (Å²) in [5.74, 6) is 0.164. The summed E-state index contributed by atoms with van der Waals surface area (Å²) in [5.41, 5.74) is 2.36. The smallest absolute Gasteiger partial charge is 0.422 e. The minimum absolute atomic E-state index is 0.0186. The molecule has 2 aliphatic carbocycles.